The van der Waals surface area contributed by atoms with E-state index in [0.717, 1.165) is 0 Å². The number of hydrogen-bond donors (Lipinski definition) is 0. The van der Waals surface area contributed by atoms with Crippen LogP contribution in [0.2, 0.25) is 13.1 Å². The third-order valence-corrected chi connectivity index (χ3v) is 16.7. The van der Waals surface area contributed by atoms with E-state index in [0.29, 0.717) is 0 Å². The van der Waals surface area contributed by atoms with Gasteiger partial charge >= 0.3 is 0 Å². The normalized spacial score (nSPS) is 12.1. The van der Waals surface area contributed by atoms with Crippen LogP contribution in [0.5, 0.6) is 0 Å². The lowest BCUT2D eigenvalue weighted by Crippen LogP contribution is -2.54. The van der Waals surface area contributed by atoms with Gasteiger partial charge in [0.05, 0.1) is 0 Å². The van der Waals surface area contributed by atoms with Gasteiger partial charge in [-0.15, -0.1) is 0 Å². The van der Waals surface area contributed by atoms with Crippen LogP contribution in [0, 0.1) is 0 Å². The second-order valence-electron chi connectivity index (χ2n) is 11.8. The topological polar surface area (TPSA) is 0 Å². The standard InChI is InChI=1S/C42H38Si2/c1-43(39-15-7-3-8-16-39,40-17-9-4-10-18-40)33-31-35-23-27-37(28-24-35)38-29-25-36(26-30-38)32-34-44(2,41-19-11-5-12-20-41)42-21-13-6-14-22-42/h3-34H,1-2H3/b33-31+,34-32+. The first-order valence-corrected chi connectivity index (χ1v) is 20.5. The first-order chi connectivity index (χ1) is 21.5. The summed E-state index contributed by atoms with van der Waals surface area (Å²) in [5.41, 5.74) is 9.86. The van der Waals surface area contributed by atoms with Crippen molar-refractivity contribution >= 4 is 49.0 Å². The smallest absolute Gasteiger partial charge is 0.0855 e. The van der Waals surface area contributed by atoms with Gasteiger partial charge in [-0.25, -0.2) is 0 Å². The molecule has 0 heterocycles. The minimum atomic E-state index is -2.02. The largest absolute Gasteiger partial charge is 0.138 e. The fourth-order valence-corrected chi connectivity index (χ4v) is 12.0. The Morgan fingerprint density at radius 1 is 0.318 bits per heavy atom. The van der Waals surface area contributed by atoms with Crippen molar-refractivity contribution in [3.63, 3.8) is 0 Å². The quantitative estimate of drug-likeness (QED) is 0.147. The van der Waals surface area contributed by atoms with Crippen LogP contribution in [0.4, 0.5) is 0 Å². The predicted octanol–water partition coefficient (Wildman–Crippen LogP) is 8.24. The molecule has 2 heteroatoms. The van der Waals surface area contributed by atoms with Crippen molar-refractivity contribution in [2.45, 2.75) is 13.1 Å². The third-order valence-electron chi connectivity index (χ3n) is 8.87. The number of benzene rings is 6. The van der Waals surface area contributed by atoms with Crippen molar-refractivity contribution in [2.24, 2.45) is 0 Å². The van der Waals surface area contributed by atoms with Crippen LogP contribution >= 0.6 is 0 Å². The Bertz CT molecular complexity index is 1600. The summed E-state index contributed by atoms with van der Waals surface area (Å²) in [5, 5.41) is 5.68. The molecular formula is C42H38Si2. The minimum absolute atomic E-state index is 1.23. The van der Waals surface area contributed by atoms with E-state index in [4.69, 9.17) is 0 Å². The molecule has 0 aliphatic heterocycles. The molecule has 0 atom stereocenters. The molecule has 6 rings (SSSR count). The molecule has 6 aromatic carbocycles. The predicted molar refractivity (Wildman–Crippen MR) is 197 cm³/mol. The Morgan fingerprint density at radius 3 is 0.818 bits per heavy atom. The van der Waals surface area contributed by atoms with E-state index >= 15 is 0 Å². The Kier molecular flexibility index (Phi) is 8.83. The summed E-state index contributed by atoms with van der Waals surface area (Å²) in [6, 6.07) is 61.7. The highest BCUT2D eigenvalue weighted by Crippen LogP contribution is 2.22. The molecule has 0 fully saturated rings. The van der Waals surface area contributed by atoms with E-state index in [2.05, 4.69) is 207 Å². The first kappa shape index (κ1) is 29.3. The Labute approximate surface area is 264 Å². The van der Waals surface area contributed by atoms with E-state index in [1.165, 1.54) is 43.0 Å². The zero-order valence-electron chi connectivity index (χ0n) is 25.5. The average molecular weight is 599 g/mol. The lowest BCUT2D eigenvalue weighted by molar-refractivity contribution is 1.58. The van der Waals surface area contributed by atoms with Crippen LogP contribution in [-0.2, 0) is 0 Å². The van der Waals surface area contributed by atoms with Crippen molar-refractivity contribution < 1.29 is 0 Å². The van der Waals surface area contributed by atoms with E-state index in [1.54, 1.807) is 0 Å². The second-order valence-corrected chi connectivity index (χ2v) is 19.6. The summed E-state index contributed by atoms with van der Waals surface area (Å²) in [7, 11) is -4.04. The summed E-state index contributed by atoms with van der Waals surface area (Å²) < 4.78 is 0. The maximum atomic E-state index is 2.47. The van der Waals surface area contributed by atoms with Crippen molar-refractivity contribution in [1.29, 1.82) is 0 Å². The van der Waals surface area contributed by atoms with Gasteiger partial charge in [0.2, 0.25) is 0 Å². The van der Waals surface area contributed by atoms with Gasteiger partial charge < -0.3 is 0 Å². The summed E-state index contributed by atoms with van der Waals surface area (Å²) in [5.74, 6) is 0. The molecule has 0 bridgehead atoms. The summed E-state index contributed by atoms with van der Waals surface area (Å²) >= 11 is 0. The van der Waals surface area contributed by atoms with Crippen LogP contribution < -0.4 is 20.7 Å². The fraction of sp³-hybridized carbons (Fsp3) is 0.0476. The Hall–Kier alpha value is -4.77. The molecule has 44 heavy (non-hydrogen) atoms. The monoisotopic (exact) mass is 598 g/mol. The van der Waals surface area contributed by atoms with Crippen molar-refractivity contribution in [1.82, 2.24) is 0 Å². The molecule has 0 saturated heterocycles. The molecule has 0 radical (unpaired) electrons. The maximum Gasteiger partial charge on any atom is 0.138 e. The van der Waals surface area contributed by atoms with Crippen molar-refractivity contribution in [2.75, 3.05) is 0 Å². The van der Waals surface area contributed by atoms with Gasteiger partial charge in [-0.05, 0) is 22.3 Å². The summed E-state index contributed by atoms with van der Waals surface area (Å²) in [6.45, 7) is 4.87. The fourth-order valence-electron chi connectivity index (χ4n) is 5.95. The molecule has 0 spiro atoms. The van der Waals surface area contributed by atoms with E-state index in [-0.39, 0.29) is 0 Å². The van der Waals surface area contributed by atoms with Gasteiger partial charge in [-0.3, -0.25) is 0 Å². The van der Waals surface area contributed by atoms with E-state index in [9.17, 15) is 0 Å². The van der Waals surface area contributed by atoms with Gasteiger partial charge in [0.15, 0.2) is 0 Å². The highest BCUT2D eigenvalue weighted by molar-refractivity contribution is 7.05. The second kappa shape index (κ2) is 13.3. The van der Waals surface area contributed by atoms with Gasteiger partial charge in [-0.1, -0.05) is 227 Å². The maximum absolute atomic E-state index is 2.47. The zero-order valence-corrected chi connectivity index (χ0v) is 27.5. The van der Waals surface area contributed by atoms with Crippen LogP contribution in [0.15, 0.2) is 181 Å². The van der Waals surface area contributed by atoms with Crippen molar-refractivity contribution in [3.05, 3.63) is 192 Å². The first-order valence-electron chi connectivity index (χ1n) is 15.4. The van der Waals surface area contributed by atoms with Crippen LogP contribution in [-0.4, -0.2) is 16.1 Å². The van der Waals surface area contributed by atoms with E-state index in [1.807, 2.05) is 0 Å². The molecule has 0 aliphatic carbocycles. The molecule has 0 N–H and O–H groups in total. The number of hydrogen-bond acceptors (Lipinski definition) is 0. The van der Waals surface area contributed by atoms with Gasteiger partial charge in [0.25, 0.3) is 0 Å². The molecule has 0 aliphatic rings. The molecule has 0 amide bonds. The highest BCUT2D eigenvalue weighted by Gasteiger charge is 2.29. The molecule has 0 saturated carbocycles. The van der Waals surface area contributed by atoms with Crippen LogP contribution in [0.3, 0.4) is 0 Å². The Balaban J connectivity index is 1.21. The lowest BCUT2D eigenvalue weighted by atomic mass is 10.0. The molecule has 0 nitrogen and oxygen atoms in total. The Morgan fingerprint density at radius 2 is 0.568 bits per heavy atom. The molecule has 214 valence electrons. The molecule has 0 aromatic heterocycles. The highest BCUT2D eigenvalue weighted by atomic mass is 28.3. The SMILES string of the molecule is C[Si](/C=C/c1ccc(-c2ccc(/C=C/[Si](C)(c3ccccc3)c3ccccc3)cc2)cc1)(c1ccccc1)c1ccccc1. The van der Waals surface area contributed by atoms with Crippen molar-refractivity contribution in [3.8, 4) is 11.1 Å². The van der Waals surface area contributed by atoms with E-state index < -0.39 is 16.1 Å². The summed E-state index contributed by atoms with van der Waals surface area (Å²) in [6.07, 6.45) is 4.62. The van der Waals surface area contributed by atoms with Gasteiger partial charge in [0.1, 0.15) is 16.1 Å². The average Bonchev–Trinajstić information content (AvgIpc) is 3.11. The van der Waals surface area contributed by atoms with Gasteiger partial charge in [0, 0.05) is 0 Å². The molecular weight excluding hydrogens is 561 g/mol. The van der Waals surface area contributed by atoms with Gasteiger partial charge in [-0.2, -0.15) is 0 Å². The molecule has 6 aromatic rings. The number of rotatable bonds is 9. The zero-order chi connectivity index (χ0) is 30.2. The molecule has 0 unspecified atom stereocenters. The minimum Gasteiger partial charge on any atom is -0.0855 e. The summed E-state index contributed by atoms with van der Waals surface area (Å²) in [4.78, 5) is 0. The lowest BCUT2D eigenvalue weighted by Gasteiger charge is -2.25. The third kappa shape index (κ3) is 6.42. The van der Waals surface area contributed by atoms with Crippen LogP contribution in [0.1, 0.15) is 11.1 Å². The van der Waals surface area contributed by atoms with Crippen LogP contribution in [0.25, 0.3) is 23.3 Å².